The Bertz CT molecular complexity index is 303. The van der Waals surface area contributed by atoms with E-state index in [0.29, 0.717) is 12.9 Å². The van der Waals surface area contributed by atoms with Crippen LogP contribution in [0.3, 0.4) is 0 Å². The van der Waals surface area contributed by atoms with Gasteiger partial charge in [0.1, 0.15) is 5.69 Å². The van der Waals surface area contributed by atoms with Crippen molar-refractivity contribution in [2.75, 3.05) is 6.61 Å². The first kappa shape index (κ1) is 19.7. The fourth-order valence-corrected chi connectivity index (χ4v) is 1.28. The van der Waals surface area contributed by atoms with Crippen LogP contribution in [0.1, 0.15) is 27.2 Å². The van der Waals surface area contributed by atoms with Crippen LogP contribution < -0.4 is 0 Å². The second-order valence-corrected chi connectivity index (χ2v) is 2.77. The molecule has 0 aliphatic heterocycles. The van der Waals surface area contributed by atoms with Gasteiger partial charge in [0.05, 0.1) is 6.61 Å². The Morgan fingerprint density at radius 1 is 1.60 bits per heavy atom. The van der Waals surface area contributed by atoms with E-state index in [1.807, 2.05) is 0 Å². The number of aldehydes is 1. The minimum absolute atomic E-state index is 0. The van der Waals surface area contributed by atoms with Crippen LogP contribution in [0.4, 0.5) is 0 Å². The number of hydrogen-bond acceptors (Lipinski definition) is 5. The Morgan fingerprint density at radius 3 is 2.60 bits per heavy atom. The van der Waals surface area contributed by atoms with Gasteiger partial charge in [0.15, 0.2) is 6.29 Å². The van der Waals surface area contributed by atoms with E-state index in [2.05, 4.69) is 9.72 Å². The summed E-state index contributed by atoms with van der Waals surface area (Å²) >= 11 is 1.11. The van der Waals surface area contributed by atoms with Crippen LogP contribution in [0.2, 0.25) is 0 Å². The molecule has 0 saturated heterocycles. The quantitative estimate of drug-likeness (QED) is 0.461. The molecule has 1 aromatic heterocycles. The van der Waals surface area contributed by atoms with Gasteiger partial charge in [-0.2, -0.15) is 0 Å². The molecule has 1 aromatic rings. The van der Waals surface area contributed by atoms with Crippen molar-refractivity contribution < 1.29 is 42.3 Å². The molecule has 6 nitrogen and oxygen atoms in total. The van der Waals surface area contributed by atoms with Crippen molar-refractivity contribution in [3.05, 3.63) is 16.1 Å². The van der Waals surface area contributed by atoms with Gasteiger partial charge in [-0.15, -0.1) is 11.3 Å². The van der Waals surface area contributed by atoms with E-state index in [9.17, 15) is 9.59 Å². The summed E-state index contributed by atoms with van der Waals surface area (Å²) in [6.45, 7) is 2.03. The fraction of sp³-hybridized carbons (Fsp3) is 0.286. The van der Waals surface area contributed by atoms with E-state index in [4.69, 9.17) is 0 Å². The van der Waals surface area contributed by atoms with Crippen molar-refractivity contribution in [1.29, 1.82) is 0 Å². The molecular weight excluding hydrogens is 265 g/mol. The number of aromatic nitrogens is 1. The summed E-state index contributed by atoms with van der Waals surface area (Å²) in [5.41, 5.74) is 0.267. The predicted octanol–water partition coefficient (Wildman–Crippen LogP) is 0.892. The van der Waals surface area contributed by atoms with Gasteiger partial charge in [0, 0.05) is 22.4 Å². The summed E-state index contributed by atoms with van der Waals surface area (Å²) in [6.07, 6.45) is 0.596. The van der Waals surface area contributed by atoms with Crippen molar-refractivity contribution in [3.8, 4) is 0 Å². The van der Waals surface area contributed by atoms with Gasteiger partial charge in [-0.1, -0.05) is 0 Å². The van der Waals surface area contributed by atoms with Crippen LogP contribution in [0.15, 0.2) is 5.38 Å². The van der Waals surface area contributed by atoms with Crippen molar-refractivity contribution in [3.63, 3.8) is 0 Å². The number of nitrogens with zero attached hydrogens (tertiary/aromatic N) is 1. The Morgan fingerprint density at radius 2 is 2.20 bits per heavy atom. The van der Waals surface area contributed by atoms with Gasteiger partial charge < -0.3 is 15.7 Å². The van der Waals surface area contributed by atoms with E-state index in [0.717, 1.165) is 11.3 Å². The third-order valence-electron chi connectivity index (χ3n) is 1.09. The van der Waals surface area contributed by atoms with Crippen LogP contribution in [0, 0.1) is 0 Å². The number of esters is 1. The molecule has 87 valence electrons. The normalized spacial score (nSPS) is 7.53. The van der Waals surface area contributed by atoms with E-state index < -0.39 is 5.97 Å². The van der Waals surface area contributed by atoms with Gasteiger partial charge in [-0.3, -0.25) is 4.79 Å². The molecule has 0 unspecified atom stereocenters. The van der Waals surface area contributed by atoms with Crippen LogP contribution in [0.25, 0.3) is 0 Å². The van der Waals surface area contributed by atoms with Crippen molar-refractivity contribution in [2.24, 2.45) is 0 Å². The fourth-order valence-electron chi connectivity index (χ4n) is 0.627. The number of rotatable bonds is 3. The van der Waals surface area contributed by atoms with Gasteiger partial charge in [-0.25, -0.2) is 9.78 Å². The maximum absolute atomic E-state index is 11.0. The van der Waals surface area contributed by atoms with Gasteiger partial charge in [-0.05, 0) is 6.92 Å². The molecule has 8 heteroatoms. The average Bonchev–Trinajstić information content (AvgIpc) is 2.52. The number of carbonyl (C=O) groups excluding carboxylic acids is 2. The molecule has 0 atom stereocenters. The molecule has 1 heterocycles. The molecule has 0 amide bonds. The number of hydrogen-bond donors (Lipinski definition) is 0. The Balaban J connectivity index is -0.000000480. The first-order chi connectivity index (χ1) is 5.77. The molecule has 0 fully saturated rings. The zero-order valence-electron chi connectivity index (χ0n) is 7.64. The molecule has 0 aliphatic rings. The molecule has 0 saturated carbocycles. The Labute approximate surface area is 101 Å². The molecule has 0 bridgehead atoms. The summed E-state index contributed by atoms with van der Waals surface area (Å²) in [7, 11) is 0. The molecule has 1 radical (unpaired) electrons. The van der Waals surface area contributed by atoms with E-state index >= 15 is 0 Å². The molecule has 0 aromatic carbocycles. The smallest absolute Gasteiger partial charge is 0.367 e. The van der Waals surface area contributed by atoms with Gasteiger partial charge in [0.2, 0.25) is 5.01 Å². The third-order valence-corrected chi connectivity index (χ3v) is 1.93. The first-order valence-electron chi connectivity index (χ1n) is 3.35. The first-order valence-corrected chi connectivity index (χ1v) is 4.23. The molecule has 0 spiro atoms. The second-order valence-electron chi connectivity index (χ2n) is 1.92. The summed E-state index contributed by atoms with van der Waals surface area (Å²) in [5, 5.41) is 1.73. The Hall–Kier alpha value is -0.791. The van der Waals surface area contributed by atoms with Crippen LogP contribution in [0.5, 0.6) is 0 Å². The minimum Gasteiger partial charge on any atom is -2.00 e. The van der Waals surface area contributed by atoms with Crippen molar-refractivity contribution >= 4 is 23.6 Å². The summed E-state index contributed by atoms with van der Waals surface area (Å²) < 4.78 is 4.68. The summed E-state index contributed by atoms with van der Waals surface area (Å²) in [5.74, 6) is -0.476. The van der Waals surface area contributed by atoms with E-state index in [1.165, 1.54) is 5.38 Å². The third kappa shape index (κ3) is 5.60. The van der Waals surface area contributed by atoms with Crippen molar-refractivity contribution in [2.45, 2.75) is 6.92 Å². The number of ether oxygens (including phenoxy) is 1. The largest absolute Gasteiger partial charge is 2.00 e. The summed E-state index contributed by atoms with van der Waals surface area (Å²) in [4.78, 5) is 24.9. The van der Waals surface area contributed by atoms with Crippen LogP contribution >= 0.6 is 11.3 Å². The summed E-state index contributed by atoms with van der Waals surface area (Å²) in [6, 6.07) is 0. The van der Waals surface area contributed by atoms with Crippen LogP contribution in [-0.4, -0.2) is 23.8 Å². The van der Waals surface area contributed by atoms with Gasteiger partial charge in [0.25, 0.3) is 0 Å². The SMILES string of the molecule is CCOC(=O)c1nc(C=O)cs1.[Mn].[O-2].[O-2]. The Kier molecular flexibility index (Phi) is 12.8. The maximum Gasteiger partial charge on any atom is 0.367 e. The van der Waals surface area contributed by atoms with E-state index in [1.54, 1.807) is 6.92 Å². The molecular formula is C7H7MnNO5S-4. The topological polar surface area (TPSA) is 113 Å². The monoisotopic (exact) mass is 272 g/mol. The number of thiazole rings is 1. The average molecular weight is 272 g/mol. The predicted molar refractivity (Wildman–Crippen MR) is 44.8 cm³/mol. The maximum atomic E-state index is 11.0. The second kappa shape index (κ2) is 9.75. The van der Waals surface area contributed by atoms with E-state index in [-0.39, 0.29) is 38.7 Å². The zero-order valence-corrected chi connectivity index (χ0v) is 9.63. The standard InChI is InChI=1S/C7H7NO3S.Mn.2O/c1-2-11-7(10)6-8-5(3-9)4-12-6;;;/h3-4H,2H2,1H3;;;/q;;2*-2. The minimum atomic E-state index is -0.476. The van der Waals surface area contributed by atoms with Crippen LogP contribution in [-0.2, 0) is 32.8 Å². The molecule has 0 N–H and O–H groups in total. The zero-order chi connectivity index (χ0) is 8.97. The molecule has 1 rings (SSSR count). The van der Waals surface area contributed by atoms with Gasteiger partial charge >= 0.3 is 5.97 Å². The molecule has 15 heavy (non-hydrogen) atoms. The molecule has 0 aliphatic carbocycles. The van der Waals surface area contributed by atoms with Crippen molar-refractivity contribution in [1.82, 2.24) is 4.98 Å². The number of carbonyl (C=O) groups is 2.